The third-order valence-electron chi connectivity index (χ3n) is 4.09. The van der Waals surface area contributed by atoms with Crippen molar-refractivity contribution in [2.75, 3.05) is 36.9 Å². The molecule has 1 fully saturated rings. The van der Waals surface area contributed by atoms with Gasteiger partial charge in [-0.15, -0.1) is 12.4 Å². The number of nitrogens with one attached hydrogen (secondary N) is 3. The summed E-state index contributed by atoms with van der Waals surface area (Å²) in [6.45, 7) is 8.47. The van der Waals surface area contributed by atoms with Gasteiger partial charge in [0.25, 0.3) is 0 Å². The van der Waals surface area contributed by atoms with Crippen molar-refractivity contribution in [3.8, 4) is 0 Å². The Kier molecular flexibility index (Phi) is 8.01. The monoisotopic (exact) mass is 355 g/mol. The van der Waals surface area contributed by atoms with E-state index in [1.54, 1.807) is 25.1 Å². The molecular formula is C17H26ClN3O3. The molecule has 0 radical (unpaired) electrons. The van der Waals surface area contributed by atoms with Crippen molar-refractivity contribution in [2.24, 2.45) is 11.8 Å². The van der Waals surface area contributed by atoms with Crippen LogP contribution in [0.25, 0.3) is 0 Å². The first-order chi connectivity index (χ1) is 11.1. The molecular weight excluding hydrogens is 330 g/mol. The van der Waals surface area contributed by atoms with E-state index >= 15 is 0 Å². The van der Waals surface area contributed by atoms with Crippen LogP contribution in [-0.2, 0) is 9.53 Å². The van der Waals surface area contributed by atoms with Crippen LogP contribution in [0.15, 0.2) is 18.2 Å². The fourth-order valence-electron chi connectivity index (χ4n) is 2.46. The van der Waals surface area contributed by atoms with Crippen LogP contribution in [0.2, 0.25) is 0 Å². The van der Waals surface area contributed by atoms with Crippen LogP contribution in [-0.4, -0.2) is 38.1 Å². The van der Waals surface area contributed by atoms with Crippen LogP contribution in [0.1, 0.15) is 31.1 Å². The van der Waals surface area contributed by atoms with Crippen LogP contribution in [0.5, 0.6) is 0 Å². The fourth-order valence-corrected chi connectivity index (χ4v) is 2.46. The molecule has 6 nitrogen and oxygen atoms in total. The Bertz CT molecular complexity index is 576. The lowest BCUT2D eigenvalue weighted by Crippen LogP contribution is -2.48. The van der Waals surface area contributed by atoms with Gasteiger partial charge in [-0.2, -0.15) is 0 Å². The first-order valence-corrected chi connectivity index (χ1v) is 8.13. The smallest absolute Gasteiger partial charge is 0.338 e. The maximum absolute atomic E-state index is 12.4. The van der Waals surface area contributed by atoms with Crippen molar-refractivity contribution in [3.63, 3.8) is 0 Å². The molecule has 2 rings (SSSR count). The molecule has 7 heteroatoms. The SMILES string of the molecule is CCNc1ccc(C(=O)OCC)cc1NC(=O)C(C)C1CNC1.Cl. The molecule has 1 heterocycles. The standard InChI is InChI=1S/C17H25N3O3.ClH/c1-4-19-14-7-6-12(17(22)23-5-2)8-15(14)20-16(21)11(3)13-9-18-10-13;/h6-8,11,13,18-19H,4-5,9-10H2,1-3H3,(H,20,21);1H. The Morgan fingerprint density at radius 1 is 1.29 bits per heavy atom. The van der Waals surface area contributed by atoms with E-state index in [-0.39, 0.29) is 30.2 Å². The number of hydrogen-bond donors (Lipinski definition) is 3. The van der Waals surface area contributed by atoms with E-state index in [2.05, 4.69) is 16.0 Å². The van der Waals surface area contributed by atoms with Gasteiger partial charge in [0.05, 0.1) is 23.5 Å². The van der Waals surface area contributed by atoms with Gasteiger partial charge in [-0.1, -0.05) is 6.92 Å². The molecule has 134 valence electrons. The number of amides is 1. The average Bonchev–Trinajstić information content (AvgIpc) is 2.47. The molecule has 0 saturated carbocycles. The summed E-state index contributed by atoms with van der Waals surface area (Å²) in [7, 11) is 0. The van der Waals surface area contributed by atoms with Gasteiger partial charge in [-0.3, -0.25) is 4.79 Å². The summed E-state index contributed by atoms with van der Waals surface area (Å²) in [6.07, 6.45) is 0. The van der Waals surface area contributed by atoms with Crippen LogP contribution in [0.3, 0.4) is 0 Å². The molecule has 1 amide bonds. The second kappa shape index (κ2) is 9.49. The van der Waals surface area contributed by atoms with Crippen molar-refractivity contribution in [1.82, 2.24) is 5.32 Å². The van der Waals surface area contributed by atoms with E-state index in [1.807, 2.05) is 13.8 Å². The quantitative estimate of drug-likeness (QED) is 0.655. The molecule has 0 aromatic heterocycles. The first-order valence-electron chi connectivity index (χ1n) is 8.13. The Labute approximate surface area is 149 Å². The van der Waals surface area contributed by atoms with Crippen molar-refractivity contribution in [2.45, 2.75) is 20.8 Å². The van der Waals surface area contributed by atoms with E-state index in [0.29, 0.717) is 23.8 Å². The zero-order valence-electron chi connectivity index (χ0n) is 14.3. The van der Waals surface area contributed by atoms with E-state index in [0.717, 1.165) is 25.3 Å². The number of rotatable bonds is 7. The molecule has 1 aromatic rings. The summed E-state index contributed by atoms with van der Waals surface area (Å²) in [5.74, 6) is -0.123. The Morgan fingerprint density at radius 3 is 2.54 bits per heavy atom. The molecule has 1 unspecified atom stereocenters. The summed E-state index contributed by atoms with van der Waals surface area (Å²) in [6, 6.07) is 5.16. The summed E-state index contributed by atoms with van der Waals surface area (Å²) in [5, 5.41) is 9.32. The van der Waals surface area contributed by atoms with Crippen molar-refractivity contribution in [1.29, 1.82) is 0 Å². The van der Waals surface area contributed by atoms with Gasteiger partial charge in [0.15, 0.2) is 0 Å². The molecule has 0 spiro atoms. The Hall–Kier alpha value is -1.79. The average molecular weight is 356 g/mol. The van der Waals surface area contributed by atoms with Gasteiger partial charge >= 0.3 is 5.97 Å². The van der Waals surface area contributed by atoms with Crippen molar-refractivity contribution < 1.29 is 14.3 Å². The van der Waals surface area contributed by atoms with E-state index in [4.69, 9.17) is 4.74 Å². The second-order valence-corrected chi connectivity index (χ2v) is 5.71. The molecule has 0 bridgehead atoms. The lowest BCUT2D eigenvalue weighted by molar-refractivity contribution is -0.121. The first kappa shape index (κ1) is 20.3. The van der Waals surface area contributed by atoms with Crippen LogP contribution < -0.4 is 16.0 Å². The predicted octanol–water partition coefficient (Wildman–Crippen LogP) is 2.51. The minimum atomic E-state index is -0.387. The minimum Gasteiger partial charge on any atom is -0.462 e. The number of ether oxygens (including phenoxy) is 1. The minimum absolute atomic E-state index is 0. The lowest BCUT2D eigenvalue weighted by atomic mass is 9.88. The van der Waals surface area contributed by atoms with E-state index < -0.39 is 0 Å². The number of carbonyl (C=O) groups is 2. The summed E-state index contributed by atoms with van der Waals surface area (Å²) in [5.41, 5.74) is 1.84. The molecule has 1 atom stereocenters. The summed E-state index contributed by atoms with van der Waals surface area (Å²) >= 11 is 0. The molecule has 24 heavy (non-hydrogen) atoms. The largest absolute Gasteiger partial charge is 0.462 e. The maximum Gasteiger partial charge on any atom is 0.338 e. The van der Waals surface area contributed by atoms with Crippen LogP contribution in [0, 0.1) is 11.8 Å². The van der Waals surface area contributed by atoms with Gasteiger partial charge in [-0.25, -0.2) is 4.79 Å². The molecule has 1 aromatic carbocycles. The van der Waals surface area contributed by atoms with Crippen LogP contribution >= 0.6 is 12.4 Å². The fraction of sp³-hybridized carbons (Fsp3) is 0.529. The van der Waals surface area contributed by atoms with Gasteiger partial charge in [0, 0.05) is 12.5 Å². The zero-order valence-corrected chi connectivity index (χ0v) is 15.2. The topological polar surface area (TPSA) is 79.5 Å². The maximum atomic E-state index is 12.4. The van der Waals surface area contributed by atoms with Crippen LogP contribution in [0.4, 0.5) is 11.4 Å². The molecule has 1 saturated heterocycles. The molecule has 1 aliphatic heterocycles. The third kappa shape index (κ3) is 4.85. The zero-order chi connectivity index (χ0) is 16.8. The number of esters is 1. The van der Waals surface area contributed by atoms with Gasteiger partial charge in [-0.05, 0) is 51.1 Å². The highest BCUT2D eigenvalue weighted by Gasteiger charge is 2.29. The van der Waals surface area contributed by atoms with Gasteiger partial charge in [0.1, 0.15) is 0 Å². The third-order valence-corrected chi connectivity index (χ3v) is 4.09. The highest BCUT2D eigenvalue weighted by molar-refractivity contribution is 5.98. The number of anilines is 2. The Morgan fingerprint density at radius 2 is 2.00 bits per heavy atom. The second-order valence-electron chi connectivity index (χ2n) is 5.71. The number of hydrogen-bond acceptors (Lipinski definition) is 5. The highest BCUT2D eigenvalue weighted by Crippen LogP contribution is 2.26. The van der Waals surface area contributed by atoms with E-state index in [1.165, 1.54) is 0 Å². The number of carbonyl (C=O) groups excluding carboxylic acids is 2. The predicted molar refractivity (Wildman–Crippen MR) is 98.0 cm³/mol. The number of halogens is 1. The van der Waals surface area contributed by atoms with Crippen molar-refractivity contribution >= 4 is 35.7 Å². The lowest BCUT2D eigenvalue weighted by Gasteiger charge is -2.31. The van der Waals surface area contributed by atoms with Crippen molar-refractivity contribution in [3.05, 3.63) is 23.8 Å². The van der Waals surface area contributed by atoms with E-state index in [9.17, 15) is 9.59 Å². The summed E-state index contributed by atoms with van der Waals surface area (Å²) in [4.78, 5) is 24.3. The number of benzene rings is 1. The molecule has 1 aliphatic rings. The Balaban J connectivity index is 0.00000288. The summed E-state index contributed by atoms with van der Waals surface area (Å²) < 4.78 is 5.02. The highest BCUT2D eigenvalue weighted by atomic mass is 35.5. The van der Waals surface area contributed by atoms with Gasteiger partial charge < -0.3 is 20.7 Å². The molecule has 3 N–H and O–H groups in total. The normalized spacial score (nSPS) is 14.8. The molecule has 0 aliphatic carbocycles. The van der Waals surface area contributed by atoms with Gasteiger partial charge in [0.2, 0.25) is 5.91 Å².